The van der Waals surface area contributed by atoms with Gasteiger partial charge in [0.1, 0.15) is 0 Å². The van der Waals surface area contributed by atoms with Crippen LogP contribution in [0.3, 0.4) is 0 Å². The molecule has 1 saturated carbocycles. The topological polar surface area (TPSA) is 83.5 Å². The van der Waals surface area contributed by atoms with Crippen molar-refractivity contribution in [3.63, 3.8) is 0 Å². The molecule has 1 saturated heterocycles. The Morgan fingerprint density at radius 1 is 1.32 bits per heavy atom. The summed E-state index contributed by atoms with van der Waals surface area (Å²) in [5, 5.41) is 22.7. The second kappa shape index (κ2) is 7.23. The van der Waals surface area contributed by atoms with Crippen molar-refractivity contribution in [3.8, 4) is 0 Å². The van der Waals surface area contributed by atoms with Gasteiger partial charge in [0.2, 0.25) is 11.8 Å². The van der Waals surface area contributed by atoms with Crippen LogP contribution >= 0.6 is 0 Å². The highest BCUT2D eigenvalue weighted by Crippen LogP contribution is 2.39. The Hall–Kier alpha value is -1.77. The van der Waals surface area contributed by atoms with E-state index in [0.717, 1.165) is 25.4 Å². The van der Waals surface area contributed by atoms with Gasteiger partial charge in [-0.1, -0.05) is 0 Å². The van der Waals surface area contributed by atoms with E-state index < -0.39 is 6.10 Å². The van der Waals surface area contributed by atoms with Gasteiger partial charge in [0.25, 0.3) is 0 Å². The quantitative estimate of drug-likeness (QED) is 0.754. The molecular formula is C17H26N6O2. The summed E-state index contributed by atoms with van der Waals surface area (Å²) >= 11 is 0. The molecule has 1 aliphatic heterocycles. The molecule has 0 aromatic carbocycles. The lowest BCUT2D eigenvalue weighted by molar-refractivity contribution is 0.101. The van der Waals surface area contributed by atoms with Crippen LogP contribution in [0.15, 0.2) is 22.9 Å². The summed E-state index contributed by atoms with van der Waals surface area (Å²) in [5.41, 5.74) is 0. The molecule has 0 spiro atoms. The molecule has 2 aromatic heterocycles. The van der Waals surface area contributed by atoms with Crippen molar-refractivity contribution in [2.45, 2.75) is 50.4 Å². The summed E-state index contributed by atoms with van der Waals surface area (Å²) in [5.74, 6) is 2.02. The molecule has 2 fully saturated rings. The van der Waals surface area contributed by atoms with Gasteiger partial charge in [-0.3, -0.25) is 14.5 Å². The zero-order chi connectivity index (χ0) is 17.2. The molecule has 8 heteroatoms. The van der Waals surface area contributed by atoms with E-state index in [2.05, 4.69) is 32.1 Å². The SMILES string of the molecule is CN(Cc1nnc(C2CC2)o1)C1CCN(CC(O)Cn2cccn2)C1. The molecule has 8 nitrogen and oxygen atoms in total. The Morgan fingerprint density at radius 3 is 2.96 bits per heavy atom. The molecule has 4 rings (SSSR count). The van der Waals surface area contributed by atoms with Crippen molar-refractivity contribution in [1.82, 2.24) is 29.8 Å². The summed E-state index contributed by atoms with van der Waals surface area (Å²) < 4.78 is 7.54. The van der Waals surface area contributed by atoms with Gasteiger partial charge in [0.15, 0.2) is 0 Å². The van der Waals surface area contributed by atoms with E-state index in [9.17, 15) is 5.11 Å². The van der Waals surface area contributed by atoms with Gasteiger partial charge in [-0.15, -0.1) is 10.2 Å². The van der Waals surface area contributed by atoms with Crippen LogP contribution in [0.25, 0.3) is 0 Å². The molecule has 1 N–H and O–H groups in total. The maximum Gasteiger partial charge on any atom is 0.230 e. The van der Waals surface area contributed by atoms with E-state index in [1.54, 1.807) is 10.9 Å². The minimum Gasteiger partial charge on any atom is -0.424 e. The number of likely N-dealkylation sites (tertiary alicyclic amines) is 1. The highest BCUT2D eigenvalue weighted by atomic mass is 16.4. The first-order valence-electron chi connectivity index (χ1n) is 9.07. The van der Waals surface area contributed by atoms with Crippen molar-refractivity contribution in [3.05, 3.63) is 30.2 Å². The molecule has 0 amide bonds. The Morgan fingerprint density at radius 2 is 2.20 bits per heavy atom. The lowest BCUT2D eigenvalue weighted by Gasteiger charge is -2.24. The molecule has 2 aromatic rings. The van der Waals surface area contributed by atoms with Crippen molar-refractivity contribution < 1.29 is 9.52 Å². The number of nitrogens with zero attached hydrogens (tertiary/aromatic N) is 6. The maximum atomic E-state index is 10.3. The van der Waals surface area contributed by atoms with Gasteiger partial charge in [0, 0.05) is 37.4 Å². The number of aliphatic hydroxyl groups is 1. The normalized spacial score (nSPS) is 22.8. The third-order valence-electron chi connectivity index (χ3n) is 5.09. The van der Waals surface area contributed by atoms with Gasteiger partial charge in [-0.25, -0.2) is 0 Å². The van der Waals surface area contributed by atoms with E-state index in [-0.39, 0.29) is 0 Å². The molecular weight excluding hydrogens is 320 g/mol. The number of rotatable bonds is 8. The van der Waals surface area contributed by atoms with Crippen LogP contribution in [0, 0.1) is 0 Å². The van der Waals surface area contributed by atoms with Gasteiger partial charge in [0.05, 0.1) is 19.2 Å². The van der Waals surface area contributed by atoms with E-state index >= 15 is 0 Å². The number of hydrogen-bond acceptors (Lipinski definition) is 7. The van der Waals surface area contributed by atoms with E-state index in [4.69, 9.17) is 4.42 Å². The third kappa shape index (κ3) is 4.26. The van der Waals surface area contributed by atoms with Gasteiger partial charge in [-0.2, -0.15) is 5.10 Å². The molecule has 2 atom stereocenters. The third-order valence-corrected chi connectivity index (χ3v) is 5.09. The fourth-order valence-corrected chi connectivity index (χ4v) is 3.49. The van der Waals surface area contributed by atoms with Crippen LogP contribution < -0.4 is 0 Å². The molecule has 1 aliphatic carbocycles. The molecule has 2 aliphatic rings. The Labute approximate surface area is 147 Å². The average Bonchev–Trinajstić information content (AvgIpc) is 3.00. The predicted octanol–water partition coefficient (Wildman–Crippen LogP) is 0.711. The predicted molar refractivity (Wildman–Crippen MR) is 90.8 cm³/mol. The summed E-state index contributed by atoms with van der Waals surface area (Å²) in [4.78, 5) is 4.60. The van der Waals surface area contributed by atoms with Crippen LogP contribution in [0.5, 0.6) is 0 Å². The lowest BCUT2D eigenvalue weighted by atomic mass is 10.2. The van der Waals surface area contributed by atoms with Gasteiger partial charge >= 0.3 is 0 Å². The summed E-state index contributed by atoms with van der Waals surface area (Å²) in [6.07, 6.45) is 6.66. The smallest absolute Gasteiger partial charge is 0.230 e. The van der Waals surface area contributed by atoms with Crippen molar-refractivity contribution >= 4 is 0 Å². The van der Waals surface area contributed by atoms with Crippen molar-refractivity contribution in [1.29, 1.82) is 0 Å². The van der Waals surface area contributed by atoms with E-state index in [0.29, 0.717) is 37.5 Å². The zero-order valence-electron chi connectivity index (χ0n) is 14.7. The Kier molecular flexibility index (Phi) is 4.82. The molecule has 0 radical (unpaired) electrons. The molecule has 2 unspecified atom stereocenters. The van der Waals surface area contributed by atoms with Crippen molar-refractivity contribution in [2.75, 3.05) is 26.7 Å². The monoisotopic (exact) mass is 346 g/mol. The number of likely N-dealkylation sites (N-methyl/N-ethyl adjacent to an activating group) is 1. The fourth-order valence-electron chi connectivity index (χ4n) is 3.49. The summed E-state index contributed by atoms with van der Waals surface area (Å²) in [7, 11) is 2.11. The van der Waals surface area contributed by atoms with E-state index in [1.807, 2.05) is 12.3 Å². The second-order valence-corrected chi connectivity index (χ2v) is 7.31. The first kappa shape index (κ1) is 16.7. The van der Waals surface area contributed by atoms with Crippen LogP contribution in [0.2, 0.25) is 0 Å². The van der Waals surface area contributed by atoms with Crippen molar-refractivity contribution in [2.24, 2.45) is 0 Å². The molecule has 3 heterocycles. The largest absolute Gasteiger partial charge is 0.424 e. The average molecular weight is 346 g/mol. The highest BCUT2D eigenvalue weighted by Gasteiger charge is 2.31. The standard InChI is InChI=1S/C17H26N6O2/c1-21(12-16-19-20-17(25-16)13-3-4-13)14-5-8-22(9-14)10-15(24)11-23-7-2-6-18-23/h2,6-7,13-15,24H,3-5,8-12H2,1H3. The molecule has 0 bridgehead atoms. The zero-order valence-corrected chi connectivity index (χ0v) is 14.7. The van der Waals surface area contributed by atoms with E-state index in [1.165, 1.54) is 12.8 Å². The van der Waals surface area contributed by atoms with Gasteiger partial charge in [-0.05, 0) is 38.9 Å². The van der Waals surface area contributed by atoms with Crippen LogP contribution in [-0.4, -0.2) is 73.7 Å². The number of aliphatic hydroxyl groups excluding tert-OH is 1. The second-order valence-electron chi connectivity index (χ2n) is 7.31. The number of hydrogen-bond donors (Lipinski definition) is 1. The minimum atomic E-state index is -0.402. The summed E-state index contributed by atoms with van der Waals surface area (Å²) in [6.45, 7) is 3.86. The van der Waals surface area contributed by atoms with Crippen LogP contribution in [0.1, 0.15) is 37.0 Å². The minimum absolute atomic E-state index is 0.402. The first-order valence-corrected chi connectivity index (χ1v) is 9.07. The first-order chi connectivity index (χ1) is 12.2. The van der Waals surface area contributed by atoms with Crippen LogP contribution in [-0.2, 0) is 13.1 Å². The number of aromatic nitrogens is 4. The van der Waals surface area contributed by atoms with Gasteiger partial charge < -0.3 is 9.52 Å². The Balaban J connectivity index is 1.23. The molecule has 25 heavy (non-hydrogen) atoms. The highest BCUT2D eigenvalue weighted by molar-refractivity contribution is 5.00. The number of β-amino-alcohol motifs (C(OH)–C–C–N with tert-alkyl or cyclic N) is 1. The molecule has 136 valence electrons. The summed E-state index contributed by atoms with van der Waals surface area (Å²) in [6, 6.07) is 2.33. The van der Waals surface area contributed by atoms with Crippen LogP contribution in [0.4, 0.5) is 0 Å². The Bertz CT molecular complexity index is 668. The maximum absolute atomic E-state index is 10.3. The lowest BCUT2D eigenvalue weighted by Crippen LogP contribution is -2.37. The fraction of sp³-hybridized carbons (Fsp3) is 0.706.